The van der Waals surface area contributed by atoms with Crippen molar-refractivity contribution in [2.24, 2.45) is 4.99 Å². The Hall–Kier alpha value is -3.16. The molecule has 4 aromatic rings. The zero-order valence-corrected chi connectivity index (χ0v) is 19.3. The van der Waals surface area contributed by atoms with Crippen LogP contribution in [0.25, 0.3) is 21.0 Å². The van der Waals surface area contributed by atoms with Crippen molar-refractivity contribution in [3.8, 4) is 11.5 Å². The largest absolute Gasteiger partial charge is 0.496 e. The first-order chi connectivity index (χ1) is 15.6. The summed E-state index contributed by atoms with van der Waals surface area (Å²) in [5.41, 5.74) is 1.44. The molecule has 6 nitrogen and oxygen atoms in total. The average Bonchev–Trinajstić information content (AvgIpc) is 3.14. The fourth-order valence-corrected chi connectivity index (χ4v) is 4.70. The van der Waals surface area contributed by atoms with Crippen molar-refractivity contribution >= 4 is 38.2 Å². The van der Waals surface area contributed by atoms with Gasteiger partial charge >= 0.3 is 0 Å². The number of aromatic nitrogens is 1. The van der Waals surface area contributed by atoms with Crippen molar-refractivity contribution < 1.29 is 19.0 Å². The van der Waals surface area contributed by atoms with E-state index in [1.807, 2.05) is 73.0 Å². The Labute approximate surface area is 190 Å². The van der Waals surface area contributed by atoms with Crippen molar-refractivity contribution in [1.29, 1.82) is 0 Å². The number of fused-ring (bicyclic) bond motifs is 2. The van der Waals surface area contributed by atoms with Crippen LogP contribution in [0.5, 0.6) is 11.5 Å². The quantitative estimate of drug-likeness (QED) is 0.353. The van der Waals surface area contributed by atoms with E-state index in [1.165, 1.54) is 11.3 Å². The summed E-state index contributed by atoms with van der Waals surface area (Å²) in [6, 6.07) is 17.5. The molecule has 32 heavy (non-hydrogen) atoms. The Bertz CT molecular complexity index is 1320. The lowest BCUT2D eigenvalue weighted by molar-refractivity contribution is 0.0994. The van der Waals surface area contributed by atoms with Crippen LogP contribution in [-0.4, -0.2) is 37.4 Å². The molecule has 0 unspecified atom stereocenters. The van der Waals surface area contributed by atoms with E-state index in [-0.39, 0.29) is 5.91 Å². The van der Waals surface area contributed by atoms with Gasteiger partial charge in [-0.25, -0.2) is 0 Å². The predicted molar refractivity (Wildman–Crippen MR) is 128 cm³/mol. The highest BCUT2D eigenvalue weighted by atomic mass is 32.1. The molecule has 1 aromatic heterocycles. The van der Waals surface area contributed by atoms with Crippen molar-refractivity contribution in [2.75, 3.05) is 26.9 Å². The summed E-state index contributed by atoms with van der Waals surface area (Å²) in [7, 11) is 1.57. The molecule has 1 amide bonds. The summed E-state index contributed by atoms with van der Waals surface area (Å²) >= 11 is 1.46. The first-order valence-corrected chi connectivity index (χ1v) is 11.5. The SMILES string of the molecule is CCOCCn1c(=NC(=O)c2cc3ccccc3cc2OC)sc2cc(OCC)ccc21. The van der Waals surface area contributed by atoms with Crippen LogP contribution in [0.1, 0.15) is 24.2 Å². The van der Waals surface area contributed by atoms with Crippen LogP contribution in [0, 0.1) is 0 Å². The van der Waals surface area contributed by atoms with Gasteiger partial charge in [-0.2, -0.15) is 4.99 Å². The number of hydrogen-bond acceptors (Lipinski definition) is 5. The summed E-state index contributed by atoms with van der Waals surface area (Å²) < 4.78 is 19.7. The molecule has 3 aromatic carbocycles. The van der Waals surface area contributed by atoms with E-state index in [9.17, 15) is 4.79 Å². The van der Waals surface area contributed by atoms with Gasteiger partial charge < -0.3 is 18.8 Å². The van der Waals surface area contributed by atoms with Crippen molar-refractivity contribution in [2.45, 2.75) is 20.4 Å². The van der Waals surface area contributed by atoms with Gasteiger partial charge in [0.05, 0.1) is 36.1 Å². The first-order valence-electron chi connectivity index (χ1n) is 10.6. The first kappa shape index (κ1) is 22.0. The lowest BCUT2D eigenvalue weighted by Gasteiger charge is -2.08. The van der Waals surface area contributed by atoms with Crippen LogP contribution in [0.15, 0.2) is 59.6 Å². The molecule has 0 fully saturated rings. The number of rotatable bonds is 8. The second kappa shape index (κ2) is 9.97. The number of benzene rings is 3. The van der Waals surface area contributed by atoms with Gasteiger partial charge in [0, 0.05) is 13.2 Å². The summed E-state index contributed by atoms with van der Waals surface area (Å²) in [6.45, 7) is 6.29. The second-order valence-electron chi connectivity index (χ2n) is 7.11. The third-order valence-corrected chi connectivity index (χ3v) is 6.17. The lowest BCUT2D eigenvalue weighted by atomic mass is 10.1. The van der Waals surface area contributed by atoms with Crippen LogP contribution < -0.4 is 14.3 Å². The van der Waals surface area contributed by atoms with E-state index in [0.717, 1.165) is 26.7 Å². The van der Waals surface area contributed by atoms with Gasteiger partial charge in [0.15, 0.2) is 4.80 Å². The third-order valence-electron chi connectivity index (χ3n) is 5.12. The molecule has 4 rings (SSSR count). The van der Waals surface area contributed by atoms with Crippen LogP contribution >= 0.6 is 11.3 Å². The number of carbonyl (C=O) groups excluding carboxylic acids is 1. The van der Waals surface area contributed by atoms with Crippen LogP contribution in [0.4, 0.5) is 0 Å². The summed E-state index contributed by atoms with van der Waals surface area (Å²) in [5, 5.41) is 1.98. The number of methoxy groups -OCH3 is 1. The zero-order valence-electron chi connectivity index (χ0n) is 18.5. The van der Waals surface area contributed by atoms with Gasteiger partial charge in [0.25, 0.3) is 5.91 Å². The fraction of sp³-hybridized carbons (Fsp3) is 0.280. The Balaban J connectivity index is 1.82. The molecule has 7 heteroatoms. The minimum Gasteiger partial charge on any atom is -0.496 e. The second-order valence-corrected chi connectivity index (χ2v) is 8.12. The lowest BCUT2D eigenvalue weighted by Crippen LogP contribution is -2.20. The topological polar surface area (TPSA) is 62.1 Å². The molecule has 0 saturated heterocycles. The molecule has 0 atom stereocenters. The highest BCUT2D eigenvalue weighted by Gasteiger charge is 2.15. The molecule has 0 bridgehead atoms. The number of nitrogens with zero attached hydrogens (tertiary/aromatic N) is 2. The molecular formula is C25H26N2O4S. The zero-order chi connectivity index (χ0) is 22.5. The third kappa shape index (κ3) is 4.54. The molecular weight excluding hydrogens is 424 g/mol. The predicted octanol–water partition coefficient (Wildman–Crippen LogP) is 5.04. The van der Waals surface area contributed by atoms with Gasteiger partial charge in [-0.05, 0) is 55.0 Å². The van der Waals surface area contributed by atoms with E-state index in [2.05, 4.69) is 4.99 Å². The highest BCUT2D eigenvalue weighted by molar-refractivity contribution is 7.16. The Morgan fingerprint density at radius 1 is 1.03 bits per heavy atom. The van der Waals surface area contributed by atoms with Gasteiger partial charge in [0.1, 0.15) is 11.5 Å². The fourth-order valence-electron chi connectivity index (χ4n) is 3.61. The molecule has 1 heterocycles. The number of amides is 1. The van der Waals surface area contributed by atoms with Crippen molar-refractivity contribution in [1.82, 2.24) is 4.57 Å². The van der Waals surface area contributed by atoms with E-state index < -0.39 is 0 Å². The maximum absolute atomic E-state index is 13.3. The Morgan fingerprint density at radius 2 is 1.81 bits per heavy atom. The minimum absolute atomic E-state index is 0.339. The maximum Gasteiger partial charge on any atom is 0.283 e. The molecule has 0 saturated carbocycles. The smallest absolute Gasteiger partial charge is 0.283 e. The Kier molecular flexibility index (Phi) is 6.87. The van der Waals surface area contributed by atoms with Crippen LogP contribution in [0.3, 0.4) is 0 Å². The van der Waals surface area contributed by atoms with Crippen LogP contribution in [0.2, 0.25) is 0 Å². The molecule has 0 aliphatic rings. The van der Waals surface area contributed by atoms with E-state index in [1.54, 1.807) is 7.11 Å². The van der Waals surface area contributed by atoms with Gasteiger partial charge in [-0.3, -0.25) is 4.79 Å². The van der Waals surface area contributed by atoms with Crippen molar-refractivity contribution in [3.63, 3.8) is 0 Å². The molecule has 0 aliphatic heterocycles. The summed E-state index contributed by atoms with van der Waals surface area (Å²) in [6.07, 6.45) is 0. The monoisotopic (exact) mass is 450 g/mol. The number of ether oxygens (including phenoxy) is 3. The number of hydrogen-bond donors (Lipinski definition) is 0. The highest BCUT2D eigenvalue weighted by Crippen LogP contribution is 2.27. The number of carbonyl (C=O) groups is 1. The van der Waals surface area contributed by atoms with E-state index in [0.29, 0.717) is 42.5 Å². The van der Waals surface area contributed by atoms with Crippen molar-refractivity contribution in [3.05, 3.63) is 65.0 Å². The van der Waals surface area contributed by atoms with Gasteiger partial charge in [-0.15, -0.1) is 0 Å². The van der Waals surface area contributed by atoms with Gasteiger partial charge in [-0.1, -0.05) is 35.6 Å². The molecule has 0 aliphatic carbocycles. The minimum atomic E-state index is -0.339. The molecule has 166 valence electrons. The number of thiazole rings is 1. The maximum atomic E-state index is 13.3. The Morgan fingerprint density at radius 3 is 2.53 bits per heavy atom. The average molecular weight is 451 g/mol. The normalized spacial score (nSPS) is 11.9. The summed E-state index contributed by atoms with van der Waals surface area (Å²) in [4.78, 5) is 18.4. The standard InChI is InChI=1S/C25H26N2O4S/c1-4-30-13-12-27-21-11-10-19(31-5-2)16-23(21)32-25(27)26-24(28)20-14-17-8-6-7-9-18(17)15-22(20)29-3/h6-11,14-16H,4-5,12-13H2,1-3H3. The molecule has 0 N–H and O–H groups in total. The molecule has 0 spiro atoms. The summed E-state index contributed by atoms with van der Waals surface area (Å²) in [5.74, 6) is 0.972. The van der Waals surface area contributed by atoms with Gasteiger partial charge in [0.2, 0.25) is 0 Å². The van der Waals surface area contributed by atoms with E-state index in [4.69, 9.17) is 14.2 Å². The van der Waals surface area contributed by atoms with E-state index >= 15 is 0 Å². The molecule has 0 radical (unpaired) electrons. The van der Waals surface area contributed by atoms with Crippen LogP contribution in [-0.2, 0) is 11.3 Å².